The number of fused-ring (bicyclic) bond motifs is 1. The summed E-state index contributed by atoms with van der Waals surface area (Å²) in [7, 11) is 1.76. The fraction of sp³-hybridized carbons (Fsp3) is 0.444. The summed E-state index contributed by atoms with van der Waals surface area (Å²) in [4.78, 5) is 18.8. The van der Waals surface area contributed by atoms with Crippen molar-refractivity contribution in [3.05, 3.63) is 42.0 Å². The van der Waals surface area contributed by atoms with E-state index in [4.69, 9.17) is 4.84 Å². The van der Waals surface area contributed by atoms with E-state index in [1.54, 1.807) is 11.9 Å². The molecule has 0 radical (unpaired) electrons. The van der Waals surface area contributed by atoms with Crippen LogP contribution < -0.4 is 4.90 Å². The molecule has 22 heavy (non-hydrogen) atoms. The molecule has 0 aromatic heterocycles. The molecular formula is C18H24N2O2. The lowest BCUT2D eigenvalue weighted by Crippen LogP contribution is -2.24. The number of nitrogens with zero attached hydrogens (tertiary/aromatic N) is 2. The Balaban J connectivity index is 2.22. The maximum Gasteiger partial charge on any atom is 0.250 e. The van der Waals surface area contributed by atoms with Crippen LogP contribution in [0.4, 0.5) is 5.69 Å². The van der Waals surface area contributed by atoms with Gasteiger partial charge in [0.1, 0.15) is 6.61 Å². The van der Waals surface area contributed by atoms with E-state index in [1.807, 2.05) is 12.1 Å². The van der Waals surface area contributed by atoms with Crippen molar-refractivity contribution in [3.63, 3.8) is 0 Å². The molecule has 0 saturated heterocycles. The van der Waals surface area contributed by atoms with E-state index in [1.165, 1.54) is 11.6 Å². The first-order chi connectivity index (χ1) is 10.5. The number of carbonyl (C=O) groups is 1. The van der Waals surface area contributed by atoms with Crippen molar-refractivity contribution in [1.82, 2.24) is 0 Å². The second-order valence-electron chi connectivity index (χ2n) is 6.02. The highest BCUT2D eigenvalue weighted by Crippen LogP contribution is 2.26. The largest absolute Gasteiger partial charge is 0.395 e. The molecule has 1 aliphatic rings. The molecule has 0 atom stereocenters. The van der Waals surface area contributed by atoms with Crippen LogP contribution in [0.5, 0.6) is 0 Å². The molecule has 1 amide bonds. The summed E-state index contributed by atoms with van der Waals surface area (Å²) < 4.78 is 0. The van der Waals surface area contributed by atoms with E-state index < -0.39 is 0 Å². The van der Waals surface area contributed by atoms with Crippen molar-refractivity contribution in [1.29, 1.82) is 0 Å². The molecule has 0 unspecified atom stereocenters. The summed E-state index contributed by atoms with van der Waals surface area (Å²) in [6, 6.07) is 6.05. The van der Waals surface area contributed by atoms with Crippen LogP contribution in [-0.2, 0) is 16.1 Å². The number of hydrogen-bond donors (Lipinski definition) is 0. The Bertz CT molecular complexity index is 591. The smallest absolute Gasteiger partial charge is 0.250 e. The normalized spacial score (nSPS) is 15.5. The molecule has 0 saturated carbocycles. The molecule has 118 valence electrons. The van der Waals surface area contributed by atoms with Gasteiger partial charge in [0.15, 0.2) is 0 Å². The van der Waals surface area contributed by atoms with Gasteiger partial charge in [-0.1, -0.05) is 31.6 Å². The van der Waals surface area contributed by atoms with Crippen LogP contribution in [0.25, 0.3) is 0 Å². The number of carbonyl (C=O) groups excluding carboxylic acids is 1. The summed E-state index contributed by atoms with van der Waals surface area (Å²) in [5, 5.41) is 4.31. The molecule has 1 aromatic rings. The number of benzene rings is 1. The third kappa shape index (κ3) is 3.75. The topological polar surface area (TPSA) is 41.9 Å². The lowest BCUT2D eigenvalue weighted by atomic mass is 9.89. The maximum absolute atomic E-state index is 11.7. The van der Waals surface area contributed by atoms with E-state index in [0.29, 0.717) is 12.5 Å². The Labute approximate surface area is 132 Å². The Morgan fingerprint density at radius 3 is 2.91 bits per heavy atom. The maximum atomic E-state index is 11.7. The quantitative estimate of drug-likeness (QED) is 0.616. The Kier molecular flexibility index (Phi) is 5.36. The molecule has 0 fully saturated rings. The van der Waals surface area contributed by atoms with Gasteiger partial charge in [0.05, 0.1) is 5.71 Å². The number of oxime groups is 1. The predicted molar refractivity (Wildman–Crippen MR) is 90.3 cm³/mol. The number of rotatable bonds is 5. The average molecular weight is 300 g/mol. The fourth-order valence-corrected chi connectivity index (χ4v) is 2.48. The number of amides is 1. The number of likely N-dealkylation sites (N-methyl/N-ethyl adjacent to an activating group) is 1. The highest BCUT2D eigenvalue weighted by Gasteiger charge is 2.18. The molecule has 0 aliphatic heterocycles. The van der Waals surface area contributed by atoms with Crippen LogP contribution in [0, 0.1) is 5.92 Å². The van der Waals surface area contributed by atoms with Gasteiger partial charge in [-0.2, -0.15) is 0 Å². The first-order valence-corrected chi connectivity index (χ1v) is 7.75. The predicted octanol–water partition coefficient (Wildman–Crippen LogP) is 3.55. The van der Waals surface area contributed by atoms with Crippen molar-refractivity contribution in [2.75, 3.05) is 18.6 Å². The minimum Gasteiger partial charge on any atom is -0.395 e. The molecule has 0 N–H and O–H groups in total. The summed E-state index contributed by atoms with van der Waals surface area (Å²) in [5.41, 5.74) is 4.25. The zero-order valence-electron chi connectivity index (χ0n) is 13.6. The van der Waals surface area contributed by atoms with Crippen LogP contribution in [0.15, 0.2) is 36.0 Å². The van der Waals surface area contributed by atoms with E-state index in [9.17, 15) is 4.79 Å². The van der Waals surface area contributed by atoms with Gasteiger partial charge in [-0.25, -0.2) is 0 Å². The van der Waals surface area contributed by atoms with E-state index in [-0.39, 0.29) is 5.91 Å². The molecule has 4 heteroatoms. The lowest BCUT2D eigenvalue weighted by Gasteiger charge is -2.21. The minimum absolute atomic E-state index is 0.107. The molecule has 4 nitrogen and oxygen atoms in total. The molecule has 0 spiro atoms. The molecule has 1 aliphatic carbocycles. The van der Waals surface area contributed by atoms with Gasteiger partial charge >= 0.3 is 0 Å². The number of aryl methyl sites for hydroxylation is 1. The molecule has 1 aromatic carbocycles. The van der Waals surface area contributed by atoms with Crippen molar-refractivity contribution >= 4 is 17.3 Å². The third-order valence-electron chi connectivity index (χ3n) is 3.73. The van der Waals surface area contributed by atoms with Gasteiger partial charge in [0.25, 0.3) is 0 Å². The summed E-state index contributed by atoms with van der Waals surface area (Å²) >= 11 is 0. The highest BCUT2D eigenvalue weighted by molar-refractivity contribution is 6.04. The first kappa shape index (κ1) is 16.3. The SMILES string of the molecule is C=CC(=O)N(C)c1ccc2c(c1)CCC/C2=N\OCC(C)C. The monoisotopic (exact) mass is 300 g/mol. The van der Waals surface area contributed by atoms with Crippen molar-refractivity contribution in [3.8, 4) is 0 Å². The van der Waals surface area contributed by atoms with Gasteiger partial charge in [-0.05, 0) is 49.0 Å². The first-order valence-electron chi connectivity index (χ1n) is 7.75. The second kappa shape index (κ2) is 7.25. The molecule has 2 rings (SSSR count). The van der Waals surface area contributed by atoms with Gasteiger partial charge in [-0.3, -0.25) is 4.79 Å². The van der Waals surface area contributed by atoms with Crippen LogP contribution in [0.3, 0.4) is 0 Å². The van der Waals surface area contributed by atoms with Gasteiger partial charge in [-0.15, -0.1) is 0 Å². The van der Waals surface area contributed by atoms with Crippen LogP contribution in [-0.4, -0.2) is 25.3 Å². The van der Waals surface area contributed by atoms with E-state index >= 15 is 0 Å². The molecule has 0 bridgehead atoms. The summed E-state index contributed by atoms with van der Waals surface area (Å²) in [6.07, 6.45) is 4.32. The average Bonchev–Trinajstić information content (AvgIpc) is 2.52. The van der Waals surface area contributed by atoms with Gasteiger partial charge in [0.2, 0.25) is 5.91 Å². The zero-order chi connectivity index (χ0) is 16.1. The van der Waals surface area contributed by atoms with Crippen LogP contribution >= 0.6 is 0 Å². The minimum atomic E-state index is -0.107. The summed E-state index contributed by atoms with van der Waals surface area (Å²) in [5.74, 6) is 0.360. The van der Waals surface area contributed by atoms with Gasteiger partial charge < -0.3 is 9.74 Å². The molecule has 0 heterocycles. The van der Waals surface area contributed by atoms with Gasteiger partial charge in [0, 0.05) is 18.3 Å². The fourth-order valence-electron chi connectivity index (χ4n) is 2.48. The van der Waals surface area contributed by atoms with Crippen LogP contribution in [0.2, 0.25) is 0 Å². The standard InChI is InChI=1S/C18H24N2O2/c1-5-18(21)20(4)15-9-10-16-14(11-15)7-6-8-17(16)19-22-12-13(2)3/h5,9-11,13H,1,6-8,12H2,2-4H3/b19-17+. The summed E-state index contributed by atoms with van der Waals surface area (Å²) in [6.45, 7) is 8.37. The number of anilines is 1. The lowest BCUT2D eigenvalue weighted by molar-refractivity contribution is -0.113. The number of hydrogen-bond acceptors (Lipinski definition) is 3. The van der Waals surface area contributed by atoms with Crippen molar-refractivity contribution < 1.29 is 9.63 Å². The Hall–Kier alpha value is -2.10. The van der Waals surface area contributed by atoms with E-state index in [2.05, 4.69) is 31.6 Å². The Morgan fingerprint density at radius 2 is 2.23 bits per heavy atom. The highest BCUT2D eigenvalue weighted by atomic mass is 16.6. The Morgan fingerprint density at radius 1 is 1.45 bits per heavy atom. The van der Waals surface area contributed by atoms with E-state index in [0.717, 1.165) is 36.2 Å². The van der Waals surface area contributed by atoms with Crippen LogP contribution in [0.1, 0.15) is 37.8 Å². The second-order valence-corrected chi connectivity index (χ2v) is 6.02. The molecular weight excluding hydrogens is 276 g/mol. The van der Waals surface area contributed by atoms with Crippen molar-refractivity contribution in [2.24, 2.45) is 11.1 Å². The van der Waals surface area contributed by atoms with Crippen molar-refractivity contribution in [2.45, 2.75) is 33.1 Å². The zero-order valence-corrected chi connectivity index (χ0v) is 13.6. The third-order valence-corrected chi connectivity index (χ3v) is 3.73.